The molecule has 6 nitrogen and oxygen atoms in total. The van der Waals surface area contributed by atoms with E-state index in [1.54, 1.807) is 18.4 Å². The molecule has 7 heteroatoms. The Labute approximate surface area is 95.5 Å². The van der Waals surface area contributed by atoms with E-state index in [4.69, 9.17) is 10.2 Å². The van der Waals surface area contributed by atoms with Crippen molar-refractivity contribution in [1.29, 1.82) is 0 Å². The summed E-state index contributed by atoms with van der Waals surface area (Å²) >= 11 is 1.45. The zero-order valence-corrected chi connectivity index (χ0v) is 9.37. The molecular formula is C9H10N4O2S. The molecule has 0 fully saturated rings. The molecule has 0 aliphatic carbocycles. The maximum Gasteiger partial charge on any atom is 0.315 e. The van der Waals surface area contributed by atoms with Crippen LogP contribution >= 0.6 is 11.3 Å². The van der Waals surface area contributed by atoms with E-state index in [2.05, 4.69) is 15.5 Å². The Hall–Kier alpha value is -1.89. The lowest BCUT2D eigenvalue weighted by molar-refractivity contribution is 0.100. The van der Waals surface area contributed by atoms with E-state index in [1.165, 1.54) is 11.3 Å². The van der Waals surface area contributed by atoms with Crippen molar-refractivity contribution in [3.8, 4) is 0 Å². The van der Waals surface area contributed by atoms with Crippen molar-refractivity contribution in [2.75, 3.05) is 5.32 Å². The normalized spacial score (nSPS) is 10.3. The van der Waals surface area contributed by atoms with Gasteiger partial charge in [0.15, 0.2) is 0 Å². The summed E-state index contributed by atoms with van der Waals surface area (Å²) in [6.45, 7) is 2.24. The van der Waals surface area contributed by atoms with Gasteiger partial charge in [0.25, 0.3) is 0 Å². The van der Waals surface area contributed by atoms with Gasteiger partial charge in [-0.25, -0.2) is 0 Å². The number of nitrogens with one attached hydrogen (secondary N) is 1. The third-order valence-corrected chi connectivity index (χ3v) is 2.81. The molecule has 84 valence electrons. The van der Waals surface area contributed by atoms with Crippen LogP contribution in [-0.2, 0) is 6.54 Å². The summed E-state index contributed by atoms with van der Waals surface area (Å²) < 4.78 is 5.14. The predicted molar refractivity (Wildman–Crippen MR) is 59.2 cm³/mol. The van der Waals surface area contributed by atoms with Gasteiger partial charge in [0.1, 0.15) is 0 Å². The molecule has 0 atom stereocenters. The summed E-state index contributed by atoms with van der Waals surface area (Å²) in [4.78, 5) is 11.8. The fraction of sp³-hybridized carbons (Fsp3) is 0.222. The molecule has 2 rings (SSSR count). The Balaban J connectivity index is 1.97. The van der Waals surface area contributed by atoms with E-state index in [-0.39, 0.29) is 0 Å². The Morgan fingerprint density at radius 2 is 2.44 bits per heavy atom. The first-order valence-electron chi connectivity index (χ1n) is 4.56. The van der Waals surface area contributed by atoms with Crippen LogP contribution in [0.4, 0.5) is 6.01 Å². The Bertz CT molecular complexity index is 505. The molecule has 1 amide bonds. The van der Waals surface area contributed by atoms with Gasteiger partial charge < -0.3 is 15.5 Å². The molecule has 0 bridgehead atoms. The number of aryl methyl sites for hydroxylation is 1. The van der Waals surface area contributed by atoms with Crippen molar-refractivity contribution in [3.63, 3.8) is 0 Å². The van der Waals surface area contributed by atoms with Crippen LogP contribution in [0.5, 0.6) is 0 Å². The Morgan fingerprint density at radius 3 is 3.00 bits per heavy atom. The first kappa shape index (κ1) is 10.6. The monoisotopic (exact) mass is 238 g/mol. The van der Waals surface area contributed by atoms with Crippen LogP contribution in [0, 0.1) is 6.92 Å². The number of amides is 1. The summed E-state index contributed by atoms with van der Waals surface area (Å²) in [7, 11) is 0. The van der Waals surface area contributed by atoms with Crippen LogP contribution in [0.15, 0.2) is 15.9 Å². The molecule has 2 heterocycles. The highest BCUT2D eigenvalue weighted by Gasteiger charge is 2.06. The number of nitrogens with two attached hydrogens (primary N) is 1. The molecule has 0 aliphatic rings. The Morgan fingerprint density at radius 1 is 1.62 bits per heavy atom. The fourth-order valence-corrected chi connectivity index (χ4v) is 1.95. The first-order chi connectivity index (χ1) is 7.65. The molecule has 0 saturated carbocycles. The summed E-state index contributed by atoms with van der Waals surface area (Å²) in [5.41, 5.74) is 5.66. The summed E-state index contributed by atoms with van der Waals surface area (Å²) in [6, 6.07) is 2.11. The largest absolute Gasteiger partial charge is 0.408 e. The molecule has 0 aliphatic heterocycles. The lowest BCUT2D eigenvalue weighted by atomic mass is 10.3. The van der Waals surface area contributed by atoms with Gasteiger partial charge in [-0.05, 0) is 6.07 Å². The van der Waals surface area contributed by atoms with Gasteiger partial charge in [-0.2, -0.15) is 0 Å². The average Bonchev–Trinajstić information content (AvgIpc) is 2.83. The molecule has 3 N–H and O–H groups in total. The molecule has 16 heavy (non-hydrogen) atoms. The van der Waals surface area contributed by atoms with E-state index in [1.807, 2.05) is 0 Å². The van der Waals surface area contributed by atoms with Gasteiger partial charge in [0, 0.05) is 17.2 Å². The number of nitrogens with zero attached hydrogens (tertiary/aromatic N) is 2. The molecule has 0 unspecified atom stereocenters. The van der Waals surface area contributed by atoms with E-state index in [0.29, 0.717) is 24.0 Å². The van der Waals surface area contributed by atoms with Crippen LogP contribution < -0.4 is 11.1 Å². The third-order valence-electron chi connectivity index (χ3n) is 1.88. The summed E-state index contributed by atoms with van der Waals surface area (Å²) in [5.74, 6) is 0.0858. The van der Waals surface area contributed by atoms with Crippen molar-refractivity contribution in [1.82, 2.24) is 10.2 Å². The molecule has 0 spiro atoms. The highest BCUT2D eigenvalue weighted by atomic mass is 32.1. The van der Waals surface area contributed by atoms with Crippen molar-refractivity contribution >= 4 is 23.3 Å². The number of hydrogen-bond donors (Lipinski definition) is 2. The van der Waals surface area contributed by atoms with Crippen LogP contribution in [-0.4, -0.2) is 16.1 Å². The molecule has 0 saturated heterocycles. The van der Waals surface area contributed by atoms with Crippen LogP contribution in [0.3, 0.4) is 0 Å². The number of hydrogen-bond acceptors (Lipinski definition) is 6. The SMILES string of the molecule is Cc1nnc(NCc2cc(C(N)=O)cs2)o1. The smallest absolute Gasteiger partial charge is 0.315 e. The quantitative estimate of drug-likeness (QED) is 0.833. The molecule has 2 aromatic heterocycles. The number of carbonyl (C=O) groups is 1. The maximum absolute atomic E-state index is 10.9. The topological polar surface area (TPSA) is 94.0 Å². The minimum Gasteiger partial charge on any atom is -0.408 e. The summed E-state index contributed by atoms with van der Waals surface area (Å²) in [6.07, 6.45) is 0. The number of carbonyl (C=O) groups excluding carboxylic acids is 1. The van der Waals surface area contributed by atoms with Gasteiger partial charge in [-0.1, -0.05) is 5.10 Å². The number of thiophene rings is 1. The van der Waals surface area contributed by atoms with Crippen LogP contribution in [0.1, 0.15) is 21.1 Å². The zero-order chi connectivity index (χ0) is 11.5. The van der Waals surface area contributed by atoms with E-state index < -0.39 is 5.91 Å². The number of anilines is 1. The van der Waals surface area contributed by atoms with Crippen LogP contribution in [0.25, 0.3) is 0 Å². The van der Waals surface area contributed by atoms with Crippen molar-refractivity contribution < 1.29 is 9.21 Å². The number of aromatic nitrogens is 2. The maximum atomic E-state index is 10.9. The van der Waals surface area contributed by atoms with Crippen LogP contribution in [0.2, 0.25) is 0 Å². The summed E-state index contributed by atoms with van der Waals surface area (Å²) in [5, 5.41) is 12.1. The van der Waals surface area contributed by atoms with Gasteiger partial charge in [-0.15, -0.1) is 16.4 Å². The van der Waals surface area contributed by atoms with Crippen molar-refractivity contribution in [2.24, 2.45) is 5.73 Å². The third kappa shape index (κ3) is 2.37. The van der Waals surface area contributed by atoms with E-state index in [0.717, 1.165) is 4.88 Å². The lowest BCUT2D eigenvalue weighted by Crippen LogP contribution is -2.09. The van der Waals surface area contributed by atoms with E-state index >= 15 is 0 Å². The van der Waals surface area contributed by atoms with Crippen molar-refractivity contribution in [2.45, 2.75) is 13.5 Å². The molecule has 0 radical (unpaired) electrons. The lowest BCUT2D eigenvalue weighted by Gasteiger charge is -1.96. The molecule has 0 aromatic carbocycles. The average molecular weight is 238 g/mol. The van der Waals surface area contributed by atoms with Crippen molar-refractivity contribution in [3.05, 3.63) is 27.8 Å². The van der Waals surface area contributed by atoms with Gasteiger partial charge >= 0.3 is 6.01 Å². The standard InChI is InChI=1S/C9H10N4O2S/c1-5-12-13-9(15-5)11-3-7-2-6(4-16-7)8(10)14/h2,4H,3H2,1H3,(H2,10,14)(H,11,13). The molecule has 2 aromatic rings. The Kier molecular flexibility index (Phi) is 2.86. The number of rotatable bonds is 4. The first-order valence-corrected chi connectivity index (χ1v) is 5.44. The second kappa shape index (κ2) is 4.31. The van der Waals surface area contributed by atoms with E-state index in [9.17, 15) is 4.79 Å². The van der Waals surface area contributed by atoms with Gasteiger partial charge in [-0.3, -0.25) is 4.79 Å². The second-order valence-electron chi connectivity index (χ2n) is 3.15. The predicted octanol–water partition coefficient (Wildman–Crippen LogP) is 1.15. The minimum atomic E-state index is -0.420. The number of primary amides is 1. The van der Waals surface area contributed by atoms with Gasteiger partial charge in [0.2, 0.25) is 11.8 Å². The molecular weight excluding hydrogens is 228 g/mol. The van der Waals surface area contributed by atoms with Gasteiger partial charge in [0.05, 0.1) is 12.1 Å². The fourth-order valence-electron chi connectivity index (χ4n) is 1.13. The zero-order valence-electron chi connectivity index (χ0n) is 8.56. The second-order valence-corrected chi connectivity index (χ2v) is 4.14. The highest BCUT2D eigenvalue weighted by Crippen LogP contribution is 2.15. The highest BCUT2D eigenvalue weighted by molar-refractivity contribution is 7.10. The minimum absolute atomic E-state index is 0.367.